The Kier molecular flexibility index (Phi) is 2.89. The largest absolute Gasteiger partial charge is 0.450 e. The molecule has 0 unspecified atom stereocenters. The molecular formula is C9H7F3N4O2. The smallest absolute Gasteiger partial charge is 0.338 e. The Balaban J connectivity index is 2.14. The monoisotopic (exact) mass is 260 g/mol. The second-order valence-corrected chi connectivity index (χ2v) is 3.51. The van der Waals surface area contributed by atoms with E-state index in [4.69, 9.17) is 0 Å². The molecule has 0 aliphatic carbocycles. The van der Waals surface area contributed by atoms with Crippen LogP contribution in [0.1, 0.15) is 5.89 Å². The van der Waals surface area contributed by atoms with Crippen LogP contribution in [-0.4, -0.2) is 31.9 Å². The first kappa shape index (κ1) is 12.3. The van der Waals surface area contributed by atoms with Gasteiger partial charge >= 0.3 is 6.18 Å². The van der Waals surface area contributed by atoms with E-state index in [1.807, 2.05) is 0 Å². The van der Waals surface area contributed by atoms with Gasteiger partial charge in [-0.15, -0.1) is 0 Å². The molecule has 0 saturated heterocycles. The summed E-state index contributed by atoms with van der Waals surface area (Å²) in [5.74, 6) is -2.21. The number of carbonyl (C=O) groups is 1. The van der Waals surface area contributed by atoms with Crippen molar-refractivity contribution in [2.75, 3.05) is 0 Å². The van der Waals surface area contributed by atoms with Gasteiger partial charge in [-0.05, 0) is 0 Å². The van der Waals surface area contributed by atoms with Crippen LogP contribution >= 0.6 is 0 Å². The molecule has 96 valence electrons. The minimum Gasteiger partial charge on any atom is -0.338 e. The molecule has 2 rings (SSSR count). The minimum atomic E-state index is -4.90. The summed E-state index contributed by atoms with van der Waals surface area (Å²) >= 11 is 0. The number of halogens is 3. The van der Waals surface area contributed by atoms with Crippen LogP contribution in [0.5, 0.6) is 0 Å². The molecule has 2 heterocycles. The lowest BCUT2D eigenvalue weighted by atomic mass is 10.3. The number of ketones is 1. The lowest BCUT2D eigenvalue weighted by molar-refractivity contribution is -0.170. The van der Waals surface area contributed by atoms with Gasteiger partial charge in [0.1, 0.15) is 0 Å². The van der Waals surface area contributed by atoms with E-state index >= 15 is 0 Å². The van der Waals surface area contributed by atoms with Crippen LogP contribution in [-0.2, 0) is 18.3 Å². The lowest BCUT2D eigenvalue weighted by Gasteiger charge is -2.00. The number of Topliss-reactive ketones (excluding diaryl/α,β-unsaturated/α-hetero) is 1. The molecule has 0 bridgehead atoms. The van der Waals surface area contributed by atoms with E-state index in [0.717, 1.165) is 0 Å². The summed E-state index contributed by atoms with van der Waals surface area (Å²) in [4.78, 5) is 14.4. The Morgan fingerprint density at radius 3 is 2.78 bits per heavy atom. The van der Waals surface area contributed by atoms with Crippen molar-refractivity contribution in [2.45, 2.75) is 12.6 Å². The normalized spacial score (nSPS) is 11.8. The van der Waals surface area contributed by atoms with Crippen molar-refractivity contribution in [1.82, 2.24) is 19.9 Å². The number of hydrogen-bond acceptors (Lipinski definition) is 5. The first-order valence-corrected chi connectivity index (χ1v) is 4.78. The molecule has 6 nitrogen and oxygen atoms in total. The molecule has 0 radical (unpaired) electrons. The number of carbonyl (C=O) groups excluding carboxylic acids is 1. The van der Waals surface area contributed by atoms with Gasteiger partial charge in [0.05, 0.1) is 18.2 Å². The summed E-state index contributed by atoms with van der Waals surface area (Å²) in [6.07, 6.45) is -2.86. The number of hydrogen-bond donors (Lipinski definition) is 0. The molecule has 0 spiro atoms. The van der Waals surface area contributed by atoms with Gasteiger partial charge in [-0.25, -0.2) is 0 Å². The van der Waals surface area contributed by atoms with Crippen LogP contribution in [0.2, 0.25) is 0 Å². The highest BCUT2D eigenvalue weighted by Crippen LogP contribution is 2.19. The van der Waals surface area contributed by atoms with Crippen LogP contribution in [0.4, 0.5) is 13.2 Å². The van der Waals surface area contributed by atoms with Crippen LogP contribution < -0.4 is 0 Å². The Morgan fingerprint density at radius 2 is 2.22 bits per heavy atom. The first-order valence-electron chi connectivity index (χ1n) is 4.78. The van der Waals surface area contributed by atoms with Gasteiger partial charge in [-0.1, -0.05) is 5.16 Å². The quantitative estimate of drug-likeness (QED) is 0.827. The maximum atomic E-state index is 12.0. The van der Waals surface area contributed by atoms with Crippen LogP contribution in [0.15, 0.2) is 16.9 Å². The van der Waals surface area contributed by atoms with Crippen molar-refractivity contribution in [3.05, 3.63) is 18.3 Å². The van der Waals surface area contributed by atoms with Crippen LogP contribution in [0.3, 0.4) is 0 Å². The average molecular weight is 260 g/mol. The fraction of sp³-hybridized carbons (Fsp3) is 0.333. The zero-order valence-corrected chi connectivity index (χ0v) is 9.10. The summed E-state index contributed by atoms with van der Waals surface area (Å²) in [7, 11) is 1.66. The van der Waals surface area contributed by atoms with Gasteiger partial charge in [-0.3, -0.25) is 9.48 Å². The van der Waals surface area contributed by atoms with Gasteiger partial charge in [-0.2, -0.15) is 23.3 Å². The summed E-state index contributed by atoms with van der Waals surface area (Å²) in [5, 5.41) is 7.33. The zero-order chi connectivity index (χ0) is 13.3. The topological polar surface area (TPSA) is 73.8 Å². The molecule has 0 amide bonds. The fourth-order valence-electron chi connectivity index (χ4n) is 1.22. The molecule has 0 aliphatic heterocycles. The third kappa shape index (κ3) is 2.55. The van der Waals surface area contributed by atoms with E-state index in [2.05, 4.69) is 19.8 Å². The summed E-state index contributed by atoms with van der Waals surface area (Å²) in [6.45, 7) is 0. The van der Waals surface area contributed by atoms with E-state index in [9.17, 15) is 18.0 Å². The van der Waals surface area contributed by atoms with E-state index in [0.29, 0.717) is 5.56 Å². The molecule has 0 atom stereocenters. The van der Waals surface area contributed by atoms with E-state index in [1.165, 1.54) is 10.9 Å². The number of rotatable bonds is 3. The molecule has 0 aromatic carbocycles. The van der Waals surface area contributed by atoms with Gasteiger partial charge in [0, 0.05) is 13.2 Å². The van der Waals surface area contributed by atoms with Crippen molar-refractivity contribution in [3.63, 3.8) is 0 Å². The molecule has 0 saturated carbocycles. The van der Waals surface area contributed by atoms with Crippen molar-refractivity contribution < 1.29 is 22.5 Å². The van der Waals surface area contributed by atoms with Gasteiger partial charge < -0.3 is 4.52 Å². The van der Waals surface area contributed by atoms with Crippen molar-refractivity contribution in [3.8, 4) is 11.4 Å². The van der Waals surface area contributed by atoms with Gasteiger partial charge in [0.25, 0.3) is 0 Å². The maximum absolute atomic E-state index is 12.0. The Labute approximate surface area is 98.4 Å². The maximum Gasteiger partial charge on any atom is 0.450 e. The lowest BCUT2D eigenvalue weighted by Crippen LogP contribution is -2.24. The molecule has 0 N–H and O–H groups in total. The highest BCUT2D eigenvalue weighted by Gasteiger charge is 2.39. The number of aromatic nitrogens is 4. The minimum absolute atomic E-state index is 0.0908. The third-order valence-electron chi connectivity index (χ3n) is 2.06. The number of nitrogens with zero attached hydrogens (tertiary/aromatic N) is 4. The fourth-order valence-corrected chi connectivity index (χ4v) is 1.22. The standard InChI is InChI=1S/C9H7F3N4O2/c1-16-4-5(3-13-16)8-14-7(18-15-8)2-6(17)9(10,11)12/h3-4H,2H2,1H3. The Bertz CT molecular complexity index is 572. The van der Waals surface area contributed by atoms with Gasteiger partial charge in [0.15, 0.2) is 0 Å². The number of aryl methyl sites for hydroxylation is 1. The molecule has 0 aliphatic rings. The molecule has 9 heteroatoms. The first-order chi connectivity index (χ1) is 8.36. The Morgan fingerprint density at radius 1 is 1.50 bits per heavy atom. The highest BCUT2D eigenvalue weighted by molar-refractivity contribution is 5.85. The van der Waals surface area contributed by atoms with Crippen LogP contribution in [0, 0.1) is 0 Å². The molecular weight excluding hydrogens is 253 g/mol. The summed E-state index contributed by atoms with van der Waals surface area (Å²) in [5.41, 5.74) is 0.493. The second kappa shape index (κ2) is 4.24. The molecule has 18 heavy (non-hydrogen) atoms. The second-order valence-electron chi connectivity index (χ2n) is 3.51. The van der Waals surface area contributed by atoms with Crippen LogP contribution in [0.25, 0.3) is 11.4 Å². The zero-order valence-electron chi connectivity index (χ0n) is 9.10. The van der Waals surface area contributed by atoms with Crippen molar-refractivity contribution in [1.29, 1.82) is 0 Å². The third-order valence-corrected chi connectivity index (χ3v) is 2.06. The van der Waals surface area contributed by atoms with E-state index < -0.39 is 18.4 Å². The van der Waals surface area contributed by atoms with E-state index in [-0.39, 0.29) is 11.7 Å². The highest BCUT2D eigenvalue weighted by atomic mass is 19.4. The Hall–Kier alpha value is -2.19. The molecule has 2 aromatic heterocycles. The summed E-state index contributed by atoms with van der Waals surface area (Å²) < 4.78 is 42.1. The summed E-state index contributed by atoms with van der Waals surface area (Å²) in [6, 6.07) is 0. The number of alkyl halides is 3. The predicted octanol–water partition coefficient (Wildman–Crippen LogP) is 1.14. The molecule has 2 aromatic rings. The molecule has 0 fully saturated rings. The SMILES string of the molecule is Cn1cc(-c2noc(CC(=O)C(F)(F)F)n2)cn1. The average Bonchev–Trinajstić information content (AvgIpc) is 2.85. The van der Waals surface area contributed by atoms with Gasteiger partial charge in [0.2, 0.25) is 17.5 Å². The predicted molar refractivity (Wildman–Crippen MR) is 51.3 cm³/mol. The van der Waals surface area contributed by atoms with Crippen molar-refractivity contribution >= 4 is 5.78 Å². The van der Waals surface area contributed by atoms with E-state index in [1.54, 1.807) is 13.2 Å². The van der Waals surface area contributed by atoms with Crippen molar-refractivity contribution in [2.24, 2.45) is 7.05 Å².